The van der Waals surface area contributed by atoms with Gasteiger partial charge in [0.05, 0.1) is 11.4 Å². The second-order valence-corrected chi connectivity index (χ2v) is 6.93. The summed E-state index contributed by atoms with van der Waals surface area (Å²) >= 11 is 0. The van der Waals surface area contributed by atoms with Crippen molar-refractivity contribution in [3.63, 3.8) is 0 Å². The summed E-state index contributed by atoms with van der Waals surface area (Å²) in [4.78, 5) is 26.0. The number of halogens is 2. The highest BCUT2D eigenvalue weighted by Crippen LogP contribution is 2.30. The van der Waals surface area contributed by atoms with Crippen LogP contribution in [0.1, 0.15) is 24.8 Å². The maximum absolute atomic E-state index is 12.4. The van der Waals surface area contributed by atoms with E-state index < -0.39 is 0 Å². The third-order valence-electron chi connectivity index (χ3n) is 5.09. The van der Waals surface area contributed by atoms with E-state index in [9.17, 15) is 9.59 Å². The van der Waals surface area contributed by atoms with Crippen LogP contribution in [0.15, 0.2) is 48.5 Å². The molecule has 3 rings (SSSR count). The summed E-state index contributed by atoms with van der Waals surface area (Å²) in [5.74, 6) is -0.325. The van der Waals surface area contributed by atoms with Gasteiger partial charge in [0, 0.05) is 31.1 Å². The number of nitrogens with two attached hydrogens (primary N) is 2. The number of piperidine rings is 1. The zero-order valence-electron chi connectivity index (χ0n) is 16.2. The first-order chi connectivity index (χ1) is 13.0. The molecule has 158 valence electrons. The summed E-state index contributed by atoms with van der Waals surface area (Å²) < 4.78 is 0. The SMILES string of the molecule is Cl.Cl.NC(=O)C1CCN(c2ccccc2NC(=O)CCc2ccccc2N)CC1. The fraction of sp³-hybridized carbons (Fsp3) is 0.333. The van der Waals surface area contributed by atoms with Gasteiger partial charge in [-0.2, -0.15) is 0 Å². The predicted octanol–water partition coefficient (Wildman–Crippen LogP) is 3.39. The second-order valence-electron chi connectivity index (χ2n) is 6.93. The number of nitrogens with one attached hydrogen (secondary N) is 1. The topological polar surface area (TPSA) is 101 Å². The van der Waals surface area contributed by atoms with Crippen LogP contribution >= 0.6 is 24.8 Å². The van der Waals surface area contributed by atoms with Crippen molar-refractivity contribution in [1.29, 1.82) is 0 Å². The number of anilines is 3. The zero-order valence-corrected chi connectivity index (χ0v) is 17.8. The number of amides is 2. The van der Waals surface area contributed by atoms with Crippen molar-refractivity contribution in [3.05, 3.63) is 54.1 Å². The van der Waals surface area contributed by atoms with Crippen LogP contribution in [0, 0.1) is 5.92 Å². The van der Waals surface area contributed by atoms with Crippen LogP contribution in [0.4, 0.5) is 17.1 Å². The summed E-state index contributed by atoms with van der Waals surface area (Å²) in [5, 5.41) is 3.02. The molecule has 0 aromatic heterocycles. The van der Waals surface area contributed by atoms with Gasteiger partial charge in [-0.25, -0.2) is 0 Å². The summed E-state index contributed by atoms with van der Waals surface area (Å²) in [6.07, 6.45) is 2.45. The smallest absolute Gasteiger partial charge is 0.224 e. The third kappa shape index (κ3) is 6.54. The van der Waals surface area contributed by atoms with Crippen LogP contribution in [0.5, 0.6) is 0 Å². The first kappa shape index (κ1) is 24.6. The van der Waals surface area contributed by atoms with E-state index in [-0.39, 0.29) is 42.5 Å². The highest BCUT2D eigenvalue weighted by atomic mass is 35.5. The second kappa shape index (κ2) is 11.5. The molecule has 0 bridgehead atoms. The lowest BCUT2D eigenvalue weighted by molar-refractivity contribution is -0.122. The summed E-state index contributed by atoms with van der Waals surface area (Å²) in [6.45, 7) is 1.50. The number of benzene rings is 2. The molecule has 1 saturated heterocycles. The van der Waals surface area contributed by atoms with Crippen LogP contribution in [-0.4, -0.2) is 24.9 Å². The predicted molar refractivity (Wildman–Crippen MR) is 123 cm³/mol. The van der Waals surface area contributed by atoms with Crippen LogP contribution in [0.2, 0.25) is 0 Å². The van der Waals surface area contributed by atoms with E-state index in [0.717, 1.165) is 42.9 Å². The molecule has 0 aliphatic carbocycles. The Balaban J connectivity index is 0.00000210. The van der Waals surface area contributed by atoms with Gasteiger partial charge in [-0.1, -0.05) is 30.3 Å². The molecule has 0 spiro atoms. The number of hydrogen-bond acceptors (Lipinski definition) is 4. The fourth-order valence-corrected chi connectivity index (χ4v) is 3.48. The Hall–Kier alpha value is -2.44. The molecule has 1 aliphatic heterocycles. The Labute approximate surface area is 183 Å². The van der Waals surface area contributed by atoms with Crippen LogP contribution in [0.3, 0.4) is 0 Å². The Morgan fingerprint density at radius 3 is 2.28 bits per heavy atom. The lowest BCUT2D eigenvalue weighted by Gasteiger charge is -2.33. The van der Waals surface area contributed by atoms with Gasteiger partial charge in [0.25, 0.3) is 0 Å². The molecular formula is C21H28Cl2N4O2. The van der Waals surface area contributed by atoms with Crippen molar-refractivity contribution in [2.24, 2.45) is 11.7 Å². The van der Waals surface area contributed by atoms with Gasteiger partial charge in [0.15, 0.2) is 0 Å². The van der Waals surface area contributed by atoms with Crippen molar-refractivity contribution in [2.75, 3.05) is 29.0 Å². The van der Waals surface area contributed by atoms with E-state index in [4.69, 9.17) is 11.5 Å². The third-order valence-corrected chi connectivity index (χ3v) is 5.09. The Morgan fingerprint density at radius 1 is 1.00 bits per heavy atom. The van der Waals surface area contributed by atoms with Gasteiger partial charge in [-0.3, -0.25) is 9.59 Å². The molecule has 0 saturated carbocycles. The largest absolute Gasteiger partial charge is 0.399 e. The van der Waals surface area contributed by atoms with E-state index in [1.54, 1.807) is 0 Å². The molecule has 1 heterocycles. The molecule has 0 radical (unpaired) electrons. The molecule has 2 aromatic carbocycles. The normalized spacial score (nSPS) is 13.7. The lowest BCUT2D eigenvalue weighted by atomic mass is 9.96. The minimum atomic E-state index is -0.226. The number of carbonyl (C=O) groups is 2. The number of para-hydroxylation sites is 3. The molecule has 6 nitrogen and oxygen atoms in total. The van der Waals surface area contributed by atoms with Crippen molar-refractivity contribution >= 4 is 53.7 Å². The lowest BCUT2D eigenvalue weighted by Crippen LogP contribution is -2.38. The van der Waals surface area contributed by atoms with Gasteiger partial charge in [0.1, 0.15) is 0 Å². The average Bonchev–Trinajstić information content (AvgIpc) is 2.68. The van der Waals surface area contributed by atoms with Gasteiger partial charge < -0.3 is 21.7 Å². The Morgan fingerprint density at radius 2 is 1.62 bits per heavy atom. The first-order valence-electron chi connectivity index (χ1n) is 9.31. The number of hydrogen-bond donors (Lipinski definition) is 3. The number of nitrogen functional groups attached to an aromatic ring is 1. The van der Waals surface area contributed by atoms with E-state index in [2.05, 4.69) is 10.2 Å². The van der Waals surface area contributed by atoms with Crippen molar-refractivity contribution in [2.45, 2.75) is 25.7 Å². The number of primary amides is 1. The van der Waals surface area contributed by atoms with Crippen LogP contribution in [0.25, 0.3) is 0 Å². The summed E-state index contributed by atoms with van der Waals surface area (Å²) in [5.41, 5.74) is 14.8. The molecule has 1 aliphatic rings. The number of aryl methyl sites for hydroxylation is 1. The first-order valence-corrected chi connectivity index (χ1v) is 9.31. The highest BCUT2D eigenvalue weighted by Gasteiger charge is 2.24. The number of rotatable bonds is 6. The Bertz CT molecular complexity index is 824. The van der Waals surface area contributed by atoms with Crippen molar-refractivity contribution in [3.8, 4) is 0 Å². The maximum Gasteiger partial charge on any atom is 0.224 e. The highest BCUT2D eigenvalue weighted by molar-refractivity contribution is 5.94. The van der Waals surface area contributed by atoms with Gasteiger partial charge in [-0.15, -0.1) is 24.8 Å². The summed E-state index contributed by atoms with van der Waals surface area (Å²) in [6, 6.07) is 15.4. The van der Waals surface area contributed by atoms with Crippen molar-refractivity contribution in [1.82, 2.24) is 0 Å². The average molecular weight is 439 g/mol. The van der Waals surface area contributed by atoms with E-state index >= 15 is 0 Å². The quantitative estimate of drug-likeness (QED) is 0.601. The molecular weight excluding hydrogens is 411 g/mol. The molecule has 8 heteroatoms. The molecule has 1 fully saturated rings. The van der Waals surface area contributed by atoms with Gasteiger partial charge >= 0.3 is 0 Å². The minimum Gasteiger partial charge on any atom is -0.399 e. The summed E-state index contributed by atoms with van der Waals surface area (Å²) in [7, 11) is 0. The molecule has 29 heavy (non-hydrogen) atoms. The number of nitrogens with zero attached hydrogens (tertiary/aromatic N) is 1. The van der Waals surface area contributed by atoms with Crippen LogP contribution in [-0.2, 0) is 16.0 Å². The van der Waals surface area contributed by atoms with Gasteiger partial charge in [-0.05, 0) is 43.0 Å². The fourth-order valence-electron chi connectivity index (χ4n) is 3.48. The van der Waals surface area contributed by atoms with E-state index in [0.29, 0.717) is 18.5 Å². The molecule has 2 amide bonds. The molecule has 5 N–H and O–H groups in total. The zero-order chi connectivity index (χ0) is 19.2. The van der Waals surface area contributed by atoms with E-state index in [1.165, 1.54) is 0 Å². The standard InChI is InChI=1S/C21H26N4O2.2ClH/c22-17-6-2-1-5-15(17)9-10-20(26)24-18-7-3-4-8-19(18)25-13-11-16(12-14-25)21(23)27;;/h1-8,16H,9-14,22H2,(H2,23,27)(H,24,26);2*1H. The minimum absolute atomic E-state index is 0. The molecule has 0 unspecified atom stereocenters. The van der Waals surface area contributed by atoms with Crippen molar-refractivity contribution < 1.29 is 9.59 Å². The van der Waals surface area contributed by atoms with E-state index in [1.807, 2.05) is 48.5 Å². The Kier molecular flexibility index (Phi) is 9.78. The monoisotopic (exact) mass is 438 g/mol. The van der Waals surface area contributed by atoms with Crippen LogP contribution < -0.4 is 21.7 Å². The molecule has 2 aromatic rings. The maximum atomic E-state index is 12.4. The number of carbonyl (C=O) groups excluding carboxylic acids is 2. The van der Waals surface area contributed by atoms with Gasteiger partial charge in [0.2, 0.25) is 11.8 Å². The molecule has 0 atom stereocenters.